The number of nitrogens with zero attached hydrogens (tertiary/aromatic N) is 1. The molecule has 3 aromatic rings. The zero-order valence-electron chi connectivity index (χ0n) is 9.68. The van der Waals surface area contributed by atoms with Crippen molar-refractivity contribution in [2.45, 2.75) is 13.5 Å². The standard InChI is InChI=1S/C15H13NO/c1-2-16-10-11-7-8-15-13(9-11)12-5-3-4-6-14(12)17-15/h2-9H,10H2,1H3. The number of hydrogen-bond acceptors (Lipinski definition) is 2. The molecule has 2 nitrogen and oxygen atoms in total. The van der Waals surface area contributed by atoms with Crippen LogP contribution in [0.25, 0.3) is 21.9 Å². The van der Waals surface area contributed by atoms with E-state index >= 15 is 0 Å². The summed E-state index contributed by atoms with van der Waals surface area (Å²) in [5, 5.41) is 2.34. The van der Waals surface area contributed by atoms with Gasteiger partial charge in [0, 0.05) is 10.8 Å². The summed E-state index contributed by atoms with van der Waals surface area (Å²) in [6, 6.07) is 14.4. The Morgan fingerprint density at radius 2 is 1.88 bits per heavy atom. The summed E-state index contributed by atoms with van der Waals surface area (Å²) < 4.78 is 5.77. The van der Waals surface area contributed by atoms with Crippen LogP contribution in [0.4, 0.5) is 0 Å². The lowest BCUT2D eigenvalue weighted by molar-refractivity contribution is 0.669. The molecule has 1 heterocycles. The van der Waals surface area contributed by atoms with Crippen molar-refractivity contribution in [1.82, 2.24) is 0 Å². The minimum Gasteiger partial charge on any atom is -0.456 e. The first-order valence-corrected chi connectivity index (χ1v) is 5.73. The first-order valence-electron chi connectivity index (χ1n) is 5.73. The Balaban J connectivity index is 2.22. The van der Waals surface area contributed by atoms with Crippen molar-refractivity contribution in [2.75, 3.05) is 0 Å². The third kappa shape index (κ3) is 1.72. The van der Waals surface area contributed by atoms with E-state index in [2.05, 4.69) is 23.2 Å². The smallest absolute Gasteiger partial charge is 0.135 e. The Hall–Kier alpha value is -2.09. The van der Waals surface area contributed by atoms with E-state index in [9.17, 15) is 0 Å². The Bertz CT molecular complexity index is 694. The fourth-order valence-corrected chi connectivity index (χ4v) is 2.07. The SMILES string of the molecule is CC=NCc1ccc2oc3ccccc3c2c1. The Labute approximate surface area is 99.6 Å². The van der Waals surface area contributed by atoms with Gasteiger partial charge < -0.3 is 4.42 Å². The molecule has 0 radical (unpaired) electrons. The van der Waals surface area contributed by atoms with Gasteiger partial charge in [-0.25, -0.2) is 0 Å². The highest BCUT2D eigenvalue weighted by Gasteiger charge is 2.06. The molecule has 0 saturated heterocycles. The van der Waals surface area contributed by atoms with Gasteiger partial charge in [-0.1, -0.05) is 24.3 Å². The van der Waals surface area contributed by atoms with Gasteiger partial charge in [-0.3, -0.25) is 4.99 Å². The number of para-hydroxylation sites is 1. The molecule has 0 saturated carbocycles. The maximum absolute atomic E-state index is 5.77. The van der Waals surface area contributed by atoms with Gasteiger partial charge in [-0.15, -0.1) is 0 Å². The molecule has 0 N–H and O–H groups in total. The molecule has 17 heavy (non-hydrogen) atoms. The Morgan fingerprint density at radius 3 is 2.76 bits per heavy atom. The minimum absolute atomic E-state index is 0.728. The molecule has 0 aliphatic rings. The zero-order valence-corrected chi connectivity index (χ0v) is 9.68. The quantitative estimate of drug-likeness (QED) is 0.598. The van der Waals surface area contributed by atoms with Crippen molar-refractivity contribution in [3.8, 4) is 0 Å². The van der Waals surface area contributed by atoms with E-state index in [-0.39, 0.29) is 0 Å². The van der Waals surface area contributed by atoms with Gasteiger partial charge in [0.25, 0.3) is 0 Å². The summed E-state index contributed by atoms with van der Waals surface area (Å²) in [5.41, 5.74) is 3.09. The van der Waals surface area contributed by atoms with Crippen LogP contribution in [-0.4, -0.2) is 6.21 Å². The third-order valence-electron chi connectivity index (χ3n) is 2.90. The average molecular weight is 223 g/mol. The molecule has 0 aliphatic heterocycles. The second kappa shape index (κ2) is 4.06. The van der Waals surface area contributed by atoms with Crippen LogP contribution in [0, 0.1) is 0 Å². The summed E-state index contributed by atoms with van der Waals surface area (Å²) in [5.74, 6) is 0. The van der Waals surface area contributed by atoms with Crippen molar-refractivity contribution in [2.24, 2.45) is 4.99 Å². The molecule has 0 spiro atoms. The second-order valence-electron chi connectivity index (χ2n) is 4.03. The van der Waals surface area contributed by atoms with Crippen LogP contribution in [0.5, 0.6) is 0 Å². The summed E-state index contributed by atoms with van der Waals surface area (Å²) in [6.45, 7) is 2.66. The third-order valence-corrected chi connectivity index (χ3v) is 2.90. The molecular formula is C15H13NO. The molecule has 2 aromatic carbocycles. The number of furan rings is 1. The number of aliphatic imine (C=N–C) groups is 1. The number of benzene rings is 2. The van der Waals surface area contributed by atoms with Gasteiger partial charge >= 0.3 is 0 Å². The topological polar surface area (TPSA) is 25.5 Å². The minimum atomic E-state index is 0.728. The lowest BCUT2D eigenvalue weighted by atomic mass is 10.1. The summed E-state index contributed by atoms with van der Waals surface area (Å²) in [6.07, 6.45) is 1.83. The molecule has 2 heteroatoms. The maximum Gasteiger partial charge on any atom is 0.135 e. The molecule has 0 atom stereocenters. The summed E-state index contributed by atoms with van der Waals surface area (Å²) in [4.78, 5) is 4.26. The van der Waals surface area contributed by atoms with Crippen LogP contribution >= 0.6 is 0 Å². The molecule has 0 unspecified atom stereocenters. The first-order chi connectivity index (χ1) is 8.38. The van der Waals surface area contributed by atoms with E-state index < -0.39 is 0 Å². The number of fused-ring (bicyclic) bond motifs is 3. The van der Waals surface area contributed by atoms with Crippen LogP contribution in [0.1, 0.15) is 12.5 Å². The zero-order chi connectivity index (χ0) is 11.7. The van der Waals surface area contributed by atoms with Crippen molar-refractivity contribution < 1.29 is 4.42 Å². The van der Waals surface area contributed by atoms with E-state index in [1.54, 1.807) is 0 Å². The van der Waals surface area contributed by atoms with Crippen LogP contribution < -0.4 is 0 Å². The van der Waals surface area contributed by atoms with Gasteiger partial charge in [0.1, 0.15) is 11.2 Å². The highest BCUT2D eigenvalue weighted by atomic mass is 16.3. The molecule has 0 fully saturated rings. The van der Waals surface area contributed by atoms with Crippen molar-refractivity contribution >= 4 is 28.2 Å². The van der Waals surface area contributed by atoms with Gasteiger partial charge in [0.15, 0.2) is 0 Å². The van der Waals surface area contributed by atoms with Crippen LogP contribution in [-0.2, 0) is 6.54 Å². The molecule has 1 aromatic heterocycles. The Morgan fingerprint density at radius 1 is 1.06 bits per heavy atom. The highest BCUT2D eigenvalue weighted by Crippen LogP contribution is 2.29. The van der Waals surface area contributed by atoms with E-state index in [4.69, 9.17) is 4.42 Å². The number of hydrogen-bond donors (Lipinski definition) is 0. The Kier molecular flexibility index (Phi) is 2.41. The monoisotopic (exact) mass is 223 g/mol. The van der Waals surface area contributed by atoms with E-state index in [0.717, 1.165) is 17.7 Å². The normalized spacial score (nSPS) is 11.8. The van der Waals surface area contributed by atoms with Gasteiger partial charge in [-0.2, -0.15) is 0 Å². The molecule has 84 valence electrons. The predicted molar refractivity (Wildman–Crippen MR) is 71.6 cm³/mol. The lowest BCUT2D eigenvalue weighted by Crippen LogP contribution is -1.80. The molecule has 3 rings (SSSR count). The highest BCUT2D eigenvalue weighted by molar-refractivity contribution is 6.04. The molecule has 0 bridgehead atoms. The first kappa shape index (κ1) is 10.1. The van der Waals surface area contributed by atoms with Crippen LogP contribution in [0.3, 0.4) is 0 Å². The van der Waals surface area contributed by atoms with Gasteiger partial charge in [-0.05, 0) is 36.9 Å². The summed E-state index contributed by atoms with van der Waals surface area (Å²) in [7, 11) is 0. The summed E-state index contributed by atoms with van der Waals surface area (Å²) >= 11 is 0. The lowest BCUT2D eigenvalue weighted by Gasteiger charge is -1.96. The molecule has 0 amide bonds. The van der Waals surface area contributed by atoms with Crippen molar-refractivity contribution in [3.63, 3.8) is 0 Å². The van der Waals surface area contributed by atoms with Gasteiger partial charge in [0.05, 0.1) is 6.54 Å². The fraction of sp³-hybridized carbons (Fsp3) is 0.133. The predicted octanol–water partition coefficient (Wildman–Crippen LogP) is 4.18. The maximum atomic E-state index is 5.77. The van der Waals surface area contributed by atoms with E-state index in [0.29, 0.717) is 0 Å². The van der Waals surface area contributed by atoms with Gasteiger partial charge in [0.2, 0.25) is 0 Å². The van der Waals surface area contributed by atoms with Crippen LogP contribution in [0.2, 0.25) is 0 Å². The van der Waals surface area contributed by atoms with E-state index in [1.807, 2.05) is 37.4 Å². The number of rotatable bonds is 2. The molecule has 0 aliphatic carbocycles. The van der Waals surface area contributed by atoms with Crippen LogP contribution in [0.15, 0.2) is 51.9 Å². The largest absolute Gasteiger partial charge is 0.456 e. The fourth-order valence-electron chi connectivity index (χ4n) is 2.07. The van der Waals surface area contributed by atoms with Crippen molar-refractivity contribution in [3.05, 3.63) is 48.0 Å². The van der Waals surface area contributed by atoms with Crippen molar-refractivity contribution in [1.29, 1.82) is 0 Å². The van der Waals surface area contributed by atoms with E-state index in [1.165, 1.54) is 16.3 Å². The second-order valence-corrected chi connectivity index (χ2v) is 4.03. The average Bonchev–Trinajstić information content (AvgIpc) is 2.74. The molecular weight excluding hydrogens is 210 g/mol.